The molecule has 0 unspecified atom stereocenters. The molecule has 1 spiro atoms. The lowest BCUT2D eigenvalue weighted by molar-refractivity contribution is -0.0771. The minimum Gasteiger partial charge on any atom is -0.391 e. The third kappa shape index (κ3) is 1.61. The lowest BCUT2D eigenvalue weighted by atomic mass is 9.86. The average molecular weight is 239 g/mol. The Hall–Kier alpha value is -0.420. The summed E-state index contributed by atoms with van der Waals surface area (Å²) >= 11 is 1.74. The number of rotatable bonds is 1. The van der Waals surface area contributed by atoms with E-state index in [0.717, 1.165) is 43.8 Å². The molecule has 0 saturated carbocycles. The number of nitrogens with one attached hydrogen (secondary N) is 1. The molecule has 1 aromatic rings. The minimum absolute atomic E-state index is 0.0447. The Morgan fingerprint density at radius 3 is 3.00 bits per heavy atom. The Morgan fingerprint density at radius 1 is 1.44 bits per heavy atom. The Bertz CT molecular complexity index is 382. The minimum atomic E-state index is -0.0447. The van der Waals surface area contributed by atoms with Crippen LogP contribution in [-0.4, -0.2) is 24.8 Å². The smallest absolute Gasteiger partial charge is 0.105 e. The van der Waals surface area contributed by atoms with Gasteiger partial charge in [0.15, 0.2) is 0 Å². The molecule has 1 aromatic heterocycles. The second-order valence-electron chi connectivity index (χ2n) is 4.57. The number of ether oxygens (including phenoxy) is 1. The monoisotopic (exact) mass is 239 g/mol. The summed E-state index contributed by atoms with van der Waals surface area (Å²) in [6, 6.07) is 2.16. The molecule has 1 fully saturated rings. The van der Waals surface area contributed by atoms with Crippen LogP contribution in [0.4, 0.5) is 0 Å². The van der Waals surface area contributed by atoms with Gasteiger partial charge in [0.2, 0.25) is 0 Å². The Balaban J connectivity index is 2.00. The van der Waals surface area contributed by atoms with Gasteiger partial charge in [0, 0.05) is 9.75 Å². The second-order valence-corrected chi connectivity index (χ2v) is 5.70. The fourth-order valence-electron chi connectivity index (χ4n) is 2.76. The number of aliphatic hydroxyl groups excluding tert-OH is 1. The van der Waals surface area contributed by atoms with E-state index in [9.17, 15) is 5.11 Å². The summed E-state index contributed by atoms with van der Waals surface area (Å²) in [5.74, 6) is 0. The number of hydrogen-bond donors (Lipinski definition) is 2. The lowest BCUT2D eigenvalue weighted by Crippen LogP contribution is -2.43. The third-order valence-electron chi connectivity index (χ3n) is 3.59. The largest absolute Gasteiger partial charge is 0.391 e. The summed E-state index contributed by atoms with van der Waals surface area (Å²) in [5.41, 5.74) is 1.36. The molecule has 3 heterocycles. The van der Waals surface area contributed by atoms with Crippen LogP contribution in [0.3, 0.4) is 0 Å². The van der Waals surface area contributed by atoms with Crippen LogP contribution in [0, 0.1) is 0 Å². The van der Waals surface area contributed by atoms with Crippen LogP contribution in [0.5, 0.6) is 0 Å². The highest BCUT2D eigenvalue weighted by Crippen LogP contribution is 2.44. The molecule has 3 rings (SSSR count). The van der Waals surface area contributed by atoms with Gasteiger partial charge in [-0.25, -0.2) is 0 Å². The van der Waals surface area contributed by atoms with E-state index in [1.165, 1.54) is 10.4 Å². The standard InChI is InChI=1S/C12H17NO2S/c14-8-10-7-9-1-6-15-12(11(9)16-10)2-4-13-5-3-12/h7,13-14H,1-6,8H2. The molecule has 2 N–H and O–H groups in total. The molecule has 1 saturated heterocycles. The molecule has 4 heteroatoms. The first kappa shape index (κ1) is 10.7. The Morgan fingerprint density at radius 2 is 2.25 bits per heavy atom. The van der Waals surface area contributed by atoms with Crippen molar-refractivity contribution >= 4 is 11.3 Å². The van der Waals surface area contributed by atoms with E-state index in [1.54, 1.807) is 11.3 Å². The first-order chi connectivity index (χ1) is 7.84. The van der Waals surface area contributed by atoms with Gasteiger partial charge in [-0.2, -0.15) is 0 Å². The third-order valence-corrected chi connectivity index (χ3v) is 4.94. The predicted octanol–water partition coefficient (Wildman–Crippen LogP) is 1.39. The van der Waals surface area contributed by atoms with Crippen molar-refractivity contribution in [1.29, 1.82) is 0 Å². The molecular formula is C12H17NO2S. The Kier molecular flexibility index (Phi) is 2.75. The summed E-state index contributed by atoms with van der Waals surface area (Å²) < 4.78 is 6.08. The fourth-order valence-corrected chi connectivity index (χ4v) is 4.03. The average Bonchev–Trinajstić information content (AvgIpc) is 2.75. The van der Waals surface area contributed by atoms with Gasteiger partial charge in [0.25, 0.3) is 0 Å². The van der Waals surface area contributed by atoms with E-state index < -0.39 is 0 Å². The van der Waals surface area contributed by atoms with E-state index in [4.69, 9.17) is 4.74 Å². The molecule has 3 nitrogen and oxygen atoms in total. The van der Waals surface area contributed by atoms with Gasteiger partial charge in [-0.1, -0.05) is 0 Å². The topological polar surface area (TPSA) is 41.5 Å². The highest BCUT2D eigenvalue weighted by Gasteiger charge is 2.40. The Labute approximate surface area is 99.4 Å². The van der Waals surface area contributed by atoms with E-state index in [-0.39, 0.29) is 12.2 Å². The van der Waals surface area contributed by atoms with Crippen LogP contribution in [0.25, 0.3) is 0 Å². The van der Waals surface area contributed by atoms with Gasteiger partial charge < -0.3 is 15.2 Å². The maximum absolute atomic E-state index is 9.23. The summed E-state index contributed by atoms with van der Waals surface area (Å²) in [4.78, 5) is 2.46. The molecule has 0 bridgehead atoms. The molecule has 0 aromatic carbocycles. The van der Waals surface area contributed by atoms with Crippen LogP contribution < -0.4 is 5.32 Å². The quantitative estimate of drug-likeness (QED) is 0.778. The lowest BCUT2D eigenvalue weighted by Gasteiger charge is -2.40. The SMILES string of the molecule is OCc1cc2c(s1)C1(CCNCC1)OCC2. The zero-order valence-electron chi connectivity index (χ0n) is 9.29. The molecular weight excluding hydrogens is 222 g/mol. The number of hydrogen-bond acceptors (Lipinski definition) is 4. The number of piperidine rings is 1. The number of thiophene rings is 1. The van der Waals surface area contributed by atoms with Crippen LogP contribution in [0.2, 0.25) is 0 Å². The summed E-state index contributed by atoms with van der Waals surface area (Å²) in [6.07, 6.45) is 3.12. The van der Waals surface area contributed by atoms with Gasteiger partial charge in [-0.05, 0) is 44.0 Å². The van der Waals surface area contributed by atoms with Crippen LogP contribution in [0.15, 0.2) is 6.07 Å². The van der Waals surface area contributed by atoms with Crippen LogP contribution in [-0.2, 0) is 23.4 Å². The highest BCUT2D eigenvalue weighted by atomic mass is 32.1. The molecule has 0 amide bonds. The molecule has 0 atom stereocenters. The van der Waals surface area contributed by atoms with E-state index in [1.807, 2.05) is 0 Å². The van der Waals surface area contributed by atoms with Crippen molar-refractivity contribution in [2.24, 2.45) is 0 Å². The van der Waals surface area contributed by atoms with Crippen molar-refractivity contribution in [3.63, 3.8) is 0 Å². The maximum atomic E-state index is 9.23. The second kappa shape index (κ2) is 4.11. The molecule has 0 aliphatic carbocycles. The van der Waals surface area contributed by atoms with Gasteiger partial charge >= 0.3 is 0 Å². The van der Waals surface area contributed by atoms with Crippen molar-refractivity contribution in [3.05, 3.63) is 21.4 Å². The summed E-state index contributed by atoms with van der Waals surface area (Å²) in [5, 5.41) is 12.6. The van der Waals surface area contributed by atoms with Gasteiger partial charge in [-0.3, -0.25) is 0 Å². The number of fused-ring (bicyclic) bond motifs is 2. The molecule has 88 valence electrons. The summed E-state index contributed by atoms with van der Waals surface area (Å²) in [6.45, 7) is 3.05. The van der Waals surface area contributed by atoms with E-state index >= 15 is 0 Å². The first-order valence-corrected chi connectivity index (χ1v) is 6.73. The predicted molar refractivity (Wildman–Crippen MR) is 63.7 cm³/mol. The molecule has 0 radical (unpaired) electrons. The molecule has 16 heavy (non-hydrogen) atoms. The van der Waals surface area contributed by atoms with Crippen molar-refractivity contribution in [3.8, 4) is 0 Å². The van der Waals surface area contributed by atoms with Crippen molar-refractivity contribution in [2.45, 2.75) is 31.5 Å². The van der Waals surface area contributed by atoms with Crippen LogP contribution in [0.1, 0.15) is 28.2 Å². The fraction of sp³-hybridized carbons (Fsp3) is 0.667. The van der Waals surface area contributed by atoms with Gasteiger partial charge in [0.1, 0.15) is 5.60 Å². The van der Waals surface area contributed by atoms with Gasteiger partial charge in [-0.15, -0.1) is 11.3 Å². The van der Waals surface area contributed by atoms with Crippen molar-refractivity contribution in [2.75, 3.05) is 19.7 Å². The van der Waals surface area contributed by atoms with E-state index in [2.05, 4.69) is 11.4 Å². The van der Waals surface area contributed by atoms with Crippen LogP contribution >= 0.6 is 11.3 Å². The first-order valence-electron chi connectivity index (χ1n) is 5.92. The molecule has 2 aliphatic rings. The van der Waals surface area contributed by atoms with E-state index in [0.29, 0.717) is 0 Å². The summed E-state index contributed by atoms with van der Waals surface area (Å²) in [7, 11) is 0. The highest BCUT2D eigenvalue weighted by molar-refractivity contribution is 7.12. The maximum Gasteiger partial charge on any atom is 0.105 e. The zero-order valence-corrected chi connectivity index (χ0v) is 10.1. The van der Waals surface area contributed by atoms with Crippen molar-refractivity contribution in [1.82, 2.24) is 5.32 Å². The number of aliphatic hydroxyl groups is 1. The van der Waals surface area contributed by atoms with Gasteiger partial charge in [0.05, 0.1) is 13.2 Å². The van der Waals surface area contributed by atoms with Crippen molar-refractivity contribution < 1.29 is 9.84 Å². The normalized spacial score (nSPS) is 23.3. The zero-order chi connectivity index (χ0) is 11.0. The molecule has 2 aliphatic heterocycles.